The molecule has 0 fully saturated rings. The minimum Gasteiger partial charge on any atom is -0.304 e. The van der Waals surface area contributed by atoms with Gasteiger partial charge in [0.1, 0.15) is 0 Å². The smallest absolute Gasteiger partial charge is 0.0872 e. The zero-order chi connectivity index (χ0) is 14.0. The molecule has 0 aliphatic carbocycles. The molecule has 0 spiro atoms. The summed E-state index contributed by atoms with van der Waals surface area (Å²) < 4.78 is 3.11. The zero-order valence-electron chi connectivity index (χ0n) is 11.6. The zero-order valence-corrected chi connectivity index (χ0v) is 14.0. The van der Waals surface area contributed by atoms with Gasteiger partial charge in [0, 0.05) is 6.04 Å². The molecule has 2 aromatic heterocycles. The lowest BCUT2D eigenvalue weighted by atomic mass is 10.1. The Labute approximate surface area is 126 Å². The molecular formula is C13H19BrN4S. The third-order valence-electron chi connectivity index (χ3n) is 3.00. The summed E-state index contributed by atoms with van der Waals surface area (Å²) in [5.41, 5.74) is 4.16. The van der Waals surface area contributed by atoms with Crippen LogP contribution in [0.3, 0.4) is 0 Å². The SMILES string of the molecule is CCNC(c1scnc1C)c1c(Br)cnn1C(C)C. The maximum Gasteiger partial charge on any atom is 0.0872 e. The van der Waals surface area contributed by atoms with Crippen LogP contribution in [0.25, 0.3) is 0 Å². The number of aromatic nitrogens is 3. The maximum atomic E-state index is 4.47. The third-order valence-corrected chi connectivity index (χ3v) is 4.61. The quantitative estimate of drug-likeness (QED) is 0.900. The highest BCUT2D eigenvalue weighted by atomic mass is 79.9. The average Bonchev–Trinajstić information content (AvgIpc) is 2.93. The summed E-state index contributed by atoms with van der Waals surface area (Å²) in [6.07, 6.45) is 1.87. The Morgan fingerprint density at radius 2 is 2.21 bits per heavy atom. The second-order valence-electron chi connectivity index (χ2n) is 4.71. The summed E-state index contributed by atoms with van der Waals surface area (Å²) in [5.74, 6) is 0. The van der Waals surface area contributed by atoms with E-state index in [4.69, 9.17) is 0 Å². The average molecular weight is 343 g/mol. The number of thiazole rings is 1. The van der Waals surface area contributed by atoms with Gasteiger partial charge in [0.25, 0.3) is 0 Å². The van der Waals surface area contributed by atoms with Crippen molar-refractivity contribution in [1.29, 1.82) is 0 Å². The molecule has 0 radical (unpaired) electrons. The number of halogens is 1. The topological polar surface area (TPSA) is 42.7 Å². The Morgan fingerprint density at radius 1 is 1.47 bits per heavy atom. The molecule has 0 saturated carbocycles. The van der Waals surface area contributed by atoms with E-state index in [1.807, 2.05) is 11.7 Å². The lowest BCUT2D eigenvalue weighted by molar-refractivity contribution is 0.476. The first-order chi connectivity index (χ1) is 9.06. The molecule has 19 heavy (non-hydrogen) atoms. The van der Waals surface area contributed by atoms with E-state index in [1.165, 1.54) is 10.6 Å². The standard InChI is InChI=1S/C13H19BrN4S/c1-5-15-11(13-9(4)16-7-19-13)12-10(14)6-17-18(12)8(2)3/h6-8,11,15H,5H2,1-4H3. The summed E-state index contributed by atoms with van der Waals surface area (Å²) in [4.78, 5) is 5.62. The van der Waals surface area contributed by atoms with Gasteiger partial charge in [-0.25, -0.2) is 4.98 Å². The van der Waals surface area contributed by atoms with Crippen LogP contribution >= 0.6 is 27.3 Å². The third kappa shape index (κ3) is 2.90. The Kier molecular flexibility index (Phi) is 4.76. The lowest BCUT2D eigenvalue weighted by Crippen LogP contribution is -2.25. The normalized spacial score (nSPS) is 13.2. The van der Waals surface area contributed by atoms with Crippen LogP contribution in [0.2, 0.25) is 0 Å². The minimum atomic E-state index is 0.136. The number of hydrogen-bond acceptors (Lipinski definition) is 4. The Bertz CT molecular complexity index is 547. The van der Waals surface area contributed by atoms with Crippen molar-refractivity contribution in [3.05, 3.63) is 32.4 Å². The Balaban J connectivity index is 2.51. The van der Waals surface area contributed by atoms with Gasteiger partial charge in [0.15, 0.2) is 0 Å². The molecule has 6 heteroatoms. The number of aryl methyl sites for hydroxylation is 1. The molecule has 0 bridgehead atoms. The summed E-state index contributed by atoms with van der Waals surface area (Å²) in [6.45, 7) is 9.36. The Morgan fingerprint density at radius 3 is 2.74 bits per heavy atom. The van der Waals surface area contributed by atoms with E-state index in [0.29, 0.717) is 6.04 Å². The summed E-state index contributed by atoms with van der Waals surface area (Å²) in [7, 11) is 0. The van der Waals surface area contributed by atoms with Gasteiger partial charge in [-0.05, 0) is 43.2 Å². The van der Waals surface area contributed by atoms with Crippen LogP contribution in [0.1, 0.15) is 49.1 Å². The van der Waals surface area contributed by atoms with Crippen molar-refractivity contribution in [2.24, 2.45) is 0 Å². The van der Waals surface area contributed by atoms with Crippen LogP contribution in [0, 0.1) is 6.92 Å². The predicted octanol–water partition coefficient (Wildman–Crippen LogP) is 3.69. The molecule has 1 atom stereocenters. The van der Waals surface area contributed by atoms with Crippen LogP contribution in [0.5, 0.6) is 0 Å². The van der Waals surface area contributed by atoms with Gasteiger partial charge in [0.05, 0.1) is 38.5 Å². The van der Waals surface area contributed by atoms with E-state index >= 15 is 0 Å². The van der Waals surface area contributed by atoms with Gasteiger partial charge >= 0.3 is 0 Å². The second-order valence-corrected chi connectivity index (χ2v) is 6.45. The van der Waals surface area contributed by atoms with Gasteiger partial charge in [-0.15, -0.1) is 11.3 Å². The highest BCUT2D eigenvalue weighted by Crippen LogP contribution is 2.33. The molecule has 0 amide bonds. The van der Waals surface area contributed by atoms with Crippen molar-refractivity contribution < 1.29 is 0 Å². The van der Waals surface area contributed by atoms with Gasteiger partial charge in [-0.3, -0.25) is 4.68 Å². The molecule has 0 aromatic carbocycles. The Hall–Kier alpha value is -0.720. The second kappa shape index (κ2) is 6.15. The first-order valence-corrected chi connectivity index (χ1v) is 8.09. The van der Waals surface area contributed by atoms with Crippen molar-refractivity contribution in [2.45, 2.75) is 39.8 Å². The number of nitrogens with one attached hydrogen (secondary N) is 1. The van der Waals surface area contributed by atoms with E-state index in [0.717, 1.165) is 16.7 Å². The molecule has 1 N–H and O–H groups in total. The first kappa shape index (κ1) is 14.7. The van der Waals surface area contributed by atoms with Gasteiger partial charge in [0.2, 0.25) is 0 Å². The van der Waals surface area contributed by atoms with Crippen molar-refractivity contribution in [2.75, 3.05) is 6.54 Å². The molecule has 2 rings (SSSR count). The number of hydrogen-bond donors (Lipinski definition) is 1. The summed E-state index contributed by atoms with van der Waals surface area (Å²) in [5, 5.41) is 8.02. The molecule has 0 aliphatic heterocycles. The van der Waals surface area contributed by atoms with Gasteiger partial charge in [-0.1, -0.05) is 6.92 Å². The molecule has 0 saturated heterocycles. The van der Waals surface area contributed by atoms with Crippen molar-refractivity contribution in [3.8, 4) is 0 Å². The fourth-order valence-electron chi connectivity index (χ4n) is 2.14. The molecular weight excluding hydrogens is 324 g/mol. The summed E-state index contributed by atoms with van der Waals surface area (Å²) >= 11 is 5.32. The highest BCUT2D eigenvalue weighted by molar-refractivity contribution is 9.10. The van der Waals surface area contributed by atoms with E-state index in [1.54, 1.807) is 11.3 Å². The fourth-order valence-corrected chi connectivity index (χ4v) is 3.52. The molecule has 2 aromatic rings. The van der Waals surface area contributed by atoms with E-state index in [9.17, 15) is 0 Å². The van der Waals surface area contributed by atoms with Crippen molar-refractivity contribution in [3.63, 3.8) is 0 Å². The monoisotopic (exact) mass is 342 g/mol. The largest absolute Gasteiger partial charge is 0.304 e. The van der Waals surface area contributed by atoms with Gasteiger partial charge in [-0.2, -0.15) is 5.10 Å². The van der Waals surface area contributed by atoms with Crippen LogP contribution in [-0.2, 0) is 0 Å². The van der Waals surface area contributed by atoms with E-state index in [2.05, 4.69) is 63.7 Å². The van der Waals surface area contributed by atoms with E-state index < -0.39 is 0 Å². The summed E-state index contributed by atoms with van der Waals surface area (Å²) in [6, 6.07) is 0.465. The fraction of sp³-hybridized carbons (Fsp3) is 0.538. The van der Waals surface area contributed by atoms with Crippen LogP contribution in [0.15, 0.2) is 16.2 Å². The molecule has 4 nitrogen and oxygen atoms in total. The molecule has 104 valence electrons. The van der Waals surface area contributed by atoms with Crippen LogP contribution in [0.4, 0.5) is 0 Å². The van der Waals surface area contributed by atoms with Crippen molar-refractivity contribution >= 4 is 27.3 Å². The number of nitrogens with zero attached hydrogens (tertiary/aromatic N) is 3. The van der Waals surface area contributed by atoms with Gasteiger partial charge < -0.3 is 5.32 Å². The minimum absolute atomic E-state index is 0.136. The lowest BCUT2D eigenvalue weighted by Gasteiger charge is -2.21. The van der Waals surface area contributed by atoms with Crippen LogP contribution in [-0.4, -0.2) is 21.3 Å². The predicted molar refractivity (Wildman–Crippen MR) is 82.7 cm³/mol. The molecule has 1 unspecified atom stereocenters. The molecule has 0 aliphatic rings. The van der Waals surface area contributed by atoms with Crippen molar-refractivity contribution in [1.82, 2.24) is 20.1 Å². The first-order valence-electron chi connectivity index (χ1n) is 6.42. The van der Waals surface area contributed by atoms with Crippen LogP contribution < -0.4 is 5.32 Å². The maximum absolute atomic E-state index is 4.47. The highest BCUT2D eigenvalue weighted by Gasteiger charge is 2.25. The number of rotatable bonds is 5. The van der Waals surface area contributed by atoms with E-state index in [-0.39, 0.29) is 6.04 Å². The molecule has 2 heterocycles.